The Morgan fingerprint density at radius 1 is 1.30 bits per heavy atom. The molecular weight excluding hydrogens is 268 g/mol. The predicted molar refractivity (Wildman–Crippen MR) is 43.5 cm³/mol. The van der Waals surface area contributed by atoms with Gasteiger partial charge in [-0.1, -0.05) is 31.9 Å². The van der Waals surface area contributed by atoms with Crippen molar-refractivity contribution in [1.29, 1.82) is 0 Å². The lowest BCUT2D eigenvalue weighted by Crippen LogP contribution is -2.08. The molecule has 0 aliphatic heterocycles. The highest BCUT2D eigenvalue weighted by atomic mass is 79.9. The summed E-state index contributed by atoms with van der Waals surface area (Å²) in [6.45, 7) is 0. The van der Waals surface area contributed by atoms with Crippen molar-refractivity contribution in [3.63, 3.8) is 0 Å². The molecule has 1 N–H and O–H groups in total. The summed E-state index contributed by atoms with van der Waals surface area (Å²) < 4.78 is -0.417. The summed E-state index contributed by atoms with van der Waals surface area (Å²) in [5.41, 5.74) is 0. The van der Waals surface area contributed by atoms with Crippen molar-refractivity contribution >= 4 is 43.6 Å². The molecule has 0 aromatic heterocycles. The van der Waals surface area contributed by atoms with Crippen LogP contribution in [0.15, 0.2) is 0 Å². The summed E-state index contributed by atoms with van der Waals surface area (Å²) in [5, 5.41) is 8.16. The number of rotatable bonds is 4. The number of carbonyl (C=O) groups is 2. The Kier molecular flexibility index (Phi) is 4.89. The smallest absolute Gasteiger partial charge is 0.303 e. The van der Waals surface area contributed by atoms with E-state index >= 15 is 0 Å². The van der Waals surface area contributed by atoms with Gasteiger partial charge in [0.05, 0.1) is 6.42 Å². The van der Waals surface area contributed by atoms with Gasteiger partial charge >= 0.3 is 5.97 Å². The third-order valence-electron chi connectivity index (χ3n) is 0.829. The number of aliphatic carboxylic acids is 1. The number of hydrogen-bond acceptors (Lipinski definition) is 2. The molecule has 3 nitrogen and oxygen atoms in total. The Labute approximate surface area is 75.1 Å². The van der Waals surface area contributed by atoms with Crippen LogP contribution in [0.5, 0.6) is 0 Å². The number of Topliss-reactive ketones (excluding diaryl/α,β-unsaturated/α-hetero) is 1. The van der Waals surface area contributed by atoms with E-state index in [1.807, 2.05) is 0 Å². The Hall–Kier alpha value is 0.1000. The third kappa shape index (κ3) is 4.93. The molecule has 0 spiro atoms. The molecule has 0 atom stereocenters. The minimum atomic E-state index is -0.950. The highest BCUT2D eigenvalue weighted by Gasteiger charge is 2.11. The summed E-state index contributed by atoms with van der Waals surface area (Å²) in [6, 6.07) is 0. The van der Waals surface area contributed by atoms with Crippen LogP contribution in [-0.2, 0) is 9.59 Å². The molecule has 0 aromatic carbocycles. The first-order valence-corrected chi connectivity index (χ1v) is 4.40. The fraction of sp³-hybridized carbons (Fsp3) is 0.600. The molecule has 0 rings (SSSR count). The van der Waals surface area contributed by atoms with E-state index < -0.39 is 9.71 Å². The van der Waals surface area contributed by atoms with E-state index in [2.05, 4.69) is 31.9 Å². The number of ketones is 1. The van der Waals surface area contributed by atoms with Crippen molar-refractivity contribution in [3.8, 4) is 0 Å². The molecule has 0 fully saturated rings. The first kappa shape index (κ1) is 10.1. The SMILES string of the molecule is O=C(O)CCC(=O)C(Br)Br. The molecule has 0 radical (unpaired) electrons. The van der Waals surface area contributed by atoms with Gasteiger partial charge in [0.15, 0.2) is 5.78 Å². The third-order valence-corrected chi connectivity index (χ3v) is 1.85. The van der Waals surface area contributed by atoms with Gasteiger partial charge in [0.25, 0.3) is 0 Å². The molecule has 0 amide bonds. The molecule has 10 heavy (non-hydrogen) atoms. The largest absolute Gasteiger partial charge is 0.481 e. The van der Waals surface area contributed by atoms with Gasteiger partial charge in [-0.2, -0.15) is 0 Å². The molecule has 0 saturated carbocycles. The number of halogens is 2. The monoisotopic (exact) mass is 272 g/mol. The first-order valence-electron chi connectivity index (χ1n) is 2.56. The molecule has 0 unspecified atom stereocenters. The number of hydrogen-bond donors (Lipinski definition) is 1. The number of carboxylic acids is 1. The van der Waals surface area contributed by atoms with E-state index in [-0.39, 0.29) is 18.6 Å². The molecular formula is C5H6Br2O3. The summed E-state index contributed by atoms with van der Waals surface area (Å²) in [4.78, 5) is 20.6. The van der Waals surface area contributed by atoms with Gasteiger partial charge in [0.2, 0.25) is 0 Å². The standard InChI is InChI=1S/C5H6Br2O3/c6-5(7)3(8)1-2-4(9)10/h5H,1-2H2,(H,9,10). The zero-order valence-electron chi connectivity index (χ0n) is 5.01. The predicted octanol–water partition coefficient (Wildman–Crippen LogP) is 1.54. The second-order valence-corrected chi connectivity index (χ2v) is 4.72. The molecule has 0 aromatic rings. The van der Waals surface area contributed by atoms with Crippen molar-refractivity contribution in [1.82, 2.24) is 0 Å². The molecule has 0 saturated heterocycles. The van der Waals surface area contributed by atoms with E-state index in [0.717, 1.165) is 0 Å². The van der Waals surface area contributed by atoms with Crippen LogP contribution in [0.4, 0.5) is 0 Å². The van der Waals surface area contributed by atoms with E-state index in [9.17, 15) is 9.59 Å². The maximum Gasteiger partial charge on any atom is 0.303 e. The van der Waals surface area contributed by atoms with Gasteiger partial charge in [0, 0.05) is 6.42 Å². The highest BCUT2D eigenvalue weighted by molar-refractivity contribution is 9.25. The summed E-state index contributed by atoms with van der Waals surface area (Å²) in [6.07, 6.45) is -0.0387. The zero-order chi connectivity index (χ0) is 8.15. The highest BCUT2D eigenvalue weighted by Crippen LogP contribution is 2.11. The quantitative estimate of drug-likeness (QED) is 0.791. The molecule has 58 valence electrons. The van der Waals surface area contributed by atoms with Crippen LogP contribution in [-0.4, -0.2) is 20.6 Å². The van der Waals surface area contributed by atoms with Crippen LogP contribution in [0.1, 0.15) is 12.8 Å². The maximum absolute atomic E-state index is 10.7. The molecule has 0 aliphatic carbocycles. The maximum atomic E-state index is 10.7. The van der Waals surface area contributed by atoms with Gasteiger partial charge < -0.3 is 5.11 Å². The van der Waals surface area contributed by atoms with Crippen LogP contribution in [0.2, 0.25) is 0 Å². The number of carboxylic acid groups (broad SMARTS) is 1. The van der Waals surface area contributed by atoms with E-state index in [4.69, 9.17) is 5.11 Å². The Morgan fingerprint density at radius 3 is 2.10 bits per heavy atom. The fourth-order valence-corrected chi connectivity index (χ4v) is 0.797. The van der Waals surface area contributed by atoms with E-state index in [1.165, 1.54) is 0 Å². The van der Waals surface area contributed by atoms with Gasteiger partial charge in [-0.25, -0.2) is 0 Å². The van der Waals surface area contributed by atoms with Crippen molar-refractivity contribution in [2.24, 2.45) is 0 Å². The van der Waals surface area contributed by atoms with Crippen LogP contribution < -0.4 is 0 Å². The Balaban J connectivity index is 3.50. The molecule has 5 heteroatoms. The molecule has 0 aliphatic rings. The van der Waals surface area contributed by atoms with Crippen molar-refractivity contribution < 1.29 is 14.7 Å². The average Bonchev–Trinajstić information content (AvgIpc) is 1.82. The second-order valence-electron chi connectivity index (χ2n) is 1.66. The van der Waals surface area contributed by atoms with Crippen LogP contribution in [0.25, 0.3) is 0 Å². The zero-order valence-corrected chi connectivity index (χ0v) is 8.18. The van der Waals surface area contributed by atoms with Gasteiger partial charge in [-0.05, 0) is 0 Å². The Bertz CT molecular complexity index is 144. The van der Waals surface area contributed by atoms with Crippen LogP contribution >= 0.6 is 31.9 Å². The second kappa shape index (κ2) is 4.85. The van der Waals surface area contributed by atoms with Crippen LogP contribution in [0, 0.1) is 0 Å². The van der Waals surface area contributed by atoms with E-state index in [0.29, 0.717) is 0 Å². The number of carbonyl (C=O) groups excluding carboxylic acids is 1. The van der Waals surface area contributed by atoms with E-state index in [1.54, 1.807) is 0 Å². The summed E-state index contributed by atoms with van der Waals surface area (Å²) in [7, 11) is 0. The number of alkyl halides is 2. The van der Waals surface area contributed by atoms with Crippen molar-refractivity contribution in [3.05, 3.63) is 0 Å². The lowest BCUT2D eigenvalue weighted by Gasteiger charge is -1.96. The summed E-state index contributed by atoms with van der Waals surface area (Å²) in [5.74, 6) is -1.10. The summed E-state index contributed by atoms with van der Waals surface area (Å²) >= 11 is 5.93. The molecule has 0 heterocycles. The first-order chi connectivity index (χ1) is 4.54. The lowest BCUT2D eigenvalue weighted by molar-refractivity contribution is -0.138. The lowest BCUT2D eigenvalue weighted by atomic mass is 10.2. The van der Waals surface area contributed by atoms with Crippen LogP contribution in [0.3, 0.4) is 0 Å². The van der Waals surface area contributed by atoms with Gasteiger partial charge in [-0.3, -0.25) is 9.59 Å². The topological polar surface area (TPSA) is 54.4 Å². The van der Waals surface area contributed by atoms with Crippen molar-refractivity contribution in [2.45, 2.75) is 16.6 Å². The minimum Gasteiger partial charge on any atom is -0.481 e. The van der Waals surface area contributed by atoms with Gasteiger partial charge in [0.1, 0.15) is 3.74 Å². The van der Waals surface area contributed by atoms with Gasteiger partial charge in [-0.15, -0.1) is 0 Å². The Morgan fingerprint density at radius 2 is 1.80 bits per heavy atom. The normalized spacial score (nSPS) is 9.90. The fourth-order valence-electron chi connectivity index (χ4n) is 0.339. The molecule has 0 bridgehead atoms. The van der Waals surface area contributed by atoms with Crippen molar-refractivity contribution in [2.75, 3.05) is 0 Å². The average molecular weight is 274 g/mol. The minimum absolute atomic E-state index is 0.0660.